The molecule has 44 valence electrons. The van der Waals surface area contributed by atoms with Crippen LogP contribution >= 0.6 is 9.90 Å². The number of hydrogen-bond donors (Lipinski definition) is 0. The Morgan fingerprint density at radius 3 is 1.67 bits per heavy atom. The van der Waals surface area contributed by atoms with E-state index in [0.29, 0.717) is 0 Å². The van der Waals surface area contributed by atoms with E-state index in [1.165, 1.54) is 5.56 Å². The molecule has 9 heavy (non-hydrogen) atoms. The van der Waals surface area contributed by atoms with Crippen LogP contribution in [0.15, 0.2) is 30.3 Å². The Kier molecular flexibility index (Phi) is 9.27. The summed E-state index contributed by atoms with van der Waals surface area (Å²) >= 11 is 0. The zero-order valence-electron chi connectivity index (χ0n) is 5.96. The molecule has 1 aromatic rings. The van der Waals surface area contributed by atoms with Crippen molar-refractivity contribution >= 4 is 9.90 Å². The summed E-state index contributed by atoms with van der Waals surface area (Å²) in [5, 5.41) is 0. The van der Waals surface area contributed by atoms with Gasteiger partial charge in [-0.25, -0.2) is 0 Å². The van der Waals surface area contributed by atoms with Crippen molar-refractivity contribution in [3.8, 4) is 0 Å². The van der Waals surface area contributed by atoms with Crippen LogP contribution in [0.25, 0.3) is 0 Å². The molecule has 0 saturated carbocycles. The van der Waals surface area contributed by atoms with Crippen molar-refractivity contribution in [1.82, 2.24) is 0 Å². The fourth-order valence-corrected chi connectivity index (χ4v) is 0.534. The molecule has 1 rings (SSSR count). The Hall–Kier alpha value is 0.650. The normalized spacial score (nSPS) is 6.78. The van der Waals surface area contributed by atoms with Crippen molar-refractivity contribution in [2.24, 2.45) is 0 Å². The van der Waals surface area contributed by atoms with Crippen molar-refractivity contribution in [3.63, 3.8) is 0 Å². The molecule has 0 atom stereocenters. The molecule has 0 aliphatic rings. The van der Waals surface area contributed by atoms with Gasteiger partial charge in [-0.2, -0.15) is 0 Å². The number of hydrogen-bond acceptors (Lipinski definition) is 0. The van der Waals surface area contributed by atoms with Crippen LogP contribution in [0.5, 0.6) is 0 Å². The van der Waals surface area contributed by atoms with Gasteiger partial charge in [0.2, 0.25) is 0 Å². The van der Waals surface area contributed by atoms with E-state index in [-0.39, 0.29) is 39.5 Å². The van der Waals surface area contributed by atoms with Crippen molar-refractivity contribution in [2.45, 2.75) is 6.92 Å². The third-order valence-corrected chi connectivity index (χ3v) is 0.940. The van der Waals surface area contributed by atoms with Crippen LogP contribution in [-0.2, 0) is 0 Å². The third kappa shape index (κ3) is 5.11. The molecule has 0 aliphatic carbocycles. The molecule has 0 bridgehead atoms. The zero-order valence-corrected chi connectivity index (χ0v) is 9.12. The fourth-order valence-electron chi connectivity index (χ4n) is 0.534. The second-order valence-corrected chi connectivity index (χ2v) is 1.65. The molecule has 0 fully saturated rings. The van der Waals surface area contributed by atoms with E-state index < -0.39 is 0 Å². The van der Waals surface area contributed by atoms with Crippen molar-refractivity contribution < 1.29 is 29.6 Å². The molecule has 0 amide bonds. The van der Waals surface area contributed by atoms with Crippen LogP contribution in [0.4, 0.5) is 0 Å². The molecule has 0 nitrogen and oxygen atoms in total. The van der Waals surface area contributed by atoms with Crippen molar-refractivity contribution in [2.75, 3.05) is 0 Å². The van der Waals surface area contributed by atoms with Crippen molar-refractivity contribution in [3.05, 3.63) is 35.9 Å². The van der Waals surface area contributed by atoms with E-state index in [0.717, 1.165) is 0 Å². The molecule has 0 N–H and O–H groups in total. The molecule has 0 heterocycles. The topological polar surface area (TPSA) is 0 Å². The van der Waals surface area contributed by atoms with E-state index in [2.05, 4.69) is 19.1 Å². The first-order chi connectivity index (χ1) is 3.39. The first-order valence-corrected chi connectivity index (χ1v) is 2.41. The van der Waals surface area contributed by atoms with E-state index in [4.69, 9.17) is 0 Å². The van der Waals surface area contributed by atoms with Gasteiger partial charge < -0.3 is 9.90 Å². The number of aryl methyl sites for hydroxylation is 1. The quantitative estimate of drug-likeness (QED) is 0.338. The molecule has 0 saturated heterocycles. The third-order valence-electron chi connectivity index (χ3n) is 0.940. The van der Waals surface area contributed by atoms with Gasteiger partial charge in [-0.15, -0.1) is 0 Å². The summed E-state index contributed by atoms with van der Waals surface area (Å²) in [6.45, 7) is 2.08. The van der Waals surface area contributed by atoms with Crippen LogP contribution in [0.2, 0.25) is 0 Å². The predicted octanol–water partition coefficient (Wildman–Crippen LogP) is -0.675. The van der Waals surface area contributed by atoms with Gasteiger partial charge in [0.1, 0.15) is 0 Å². The Bertz CT molecular complexity index is 139. The maximum absolute atomic E-state index is 2.08. The summed E-state index contributed by atoms with van der Waals surface area (Å²) in [6.07, 6.45) is 0. The summed E-state index contributed by atoms with van der Waals surface area (Å²) in [4.78, 5) is 0. The monoisotopic (exact) mass is 148 g/mol. The second kappa shape index (κ2) is 6.77. The maximum atomic E-state index is 2.08. The smallest absolute Gasteiger partial charge is 0.577 e. The summed E-state index contributed by atoms with van der Waals surface area (Å²) < 4.78 is 0. The minimum Gasteiger partial charge on any atom is -0.577 e. The minimum atomic E-state index is 0. The predicted molar refractivity (Wildman–Crippen MR) is 40.9 cm³/mol. The van der Waals surface area contributed by atoms with Gasteiger partial charge in [0.05, 0.1) is 0 Å². The molecule has 0 unspecified atom stereocenters. The largest absolute Gasteiger partial charge is 1.00 e. The van der Waals surface area contributed by atoms with Crippen molar-refractivity contribution in [1.29, 1.82) is 0 Å². The van der Waals surface area contributed by atoms with E-state index in [1.54, 1.807) is 0 Å². The fraction of sp³-hybridized carbons (Fsp3) is 0.143. The van der Waals surface area contributed by atoms with E-state index >= 15 is 0 Å². The van der Waals surface area contributed by atoms with Gasteiger partial charge in [-0.1, -0.05) is 35.9 Å². The molecule has 0 radical (unpaired) electrons. The van der Waals surface area contributed by atoms with Crippen LogP contribution in [-0.4, -0.2) is 0 Å². The molecule has 2 heteroatoms. The number of benzene rings is 1. The maximum Gasteiger partial charge on any atom is 1.00 e. The Morgan fingerprint density at radius 2 is 1.44 bits per heavy atom. The summed E-state index contributed by atoms with van der Waals surface area (Å²) in [6, 6.07) is 10.3. The van der Waals surface area contributed by atoms with Gasteiger partial charge in [-0.05, 0) is 6.92 Å². The molecule has 0 spiro atoms. The molecule has 0 aliphatic heterocycles. The van der Waals surface area contributed by atoms with Gasteiger partial charge in [0, 0.05) is 0 Å². The van der Waals surface area contributed by atoms with Crippen LogP contribution in [0, 0.1) is 6.92 Å². The first-order valence-electron chi connectivity index (χ1n) is 2.41. The molecular weight excluding hydrogens is 138 g/mol. The molecule has 0 aromatic heterocycles. The summed E-state index contributed by atoms with van der Waals surface area (Å²) in [7, 11) is 0. The zero-order chi connectivity index (χ0) is 5.11. The van der Waals surface area contributed by atoms with Crippen LogP contribution in [0.3, 0.4) is 0 Å². The van der Waals surface area contributed by atoms with Crippen LogP contribution < -0.4 is 29.6 Å². The average molecular weight is 148 g/mol. The first kappa shape index (κ1) is 12.3. The van der Waals surface area contributed by atoms with Crippen LogP contribution in [0.1, 0.15) is 5.56 Å². The SMILES string of the molecule is Cc1ccccc1.[Na+].[PH2-]. The Labute approximate surface area is 82.0 Å². The Morgan fingerprint density at radius 1 is 1.00 bits per heavy atom. The van der Waals surface area contributed by atoms with Gasteiger partial charge in [0.25, 0.3) is 0 Å². The van der Waals surface area contributed by atoms with Gasteiger partial charge in [0.15, 0.2) is 0 Å². The molecule has 1 aromatic carbocycles. The average Bonchev–Trinajstić information content (AvgIpc) is 1.69. The Balaban J connectivity index is 0. The van der Waals surface area contributed by atoms with Gasteiger partial charge in [-0.3, -0.25) is 0 Å². The minimum absolute atomic E-state index is 0. The molecular formula is C7H10NaP. The second-order valence-electron chi connectivity index (χ2n) is 1.65. The van der Waals surface area contributed by atoms with Gasteiger partial charge >= 0.3 is 29.6 Å². The standard InChI is InChI=1S/C7H8.Na.H2P/c1-7-5-3-2-4-6-7;;/h2-6H,1H3;;1H2/q;+1;-1. The summed E-state index contributed by atoms with van der Waals surface area (Å²) in [5.74, 6) is 0. The van der Waals surface area contributed by atoms with E-state index in [9.17, 15) is 0 Å². The summed E-state index contributed by atoms with van der Waals surface area (Å²) in [5.41, 5.74) is 1.32. The van der Waals surface area contributed by atoms with E-state index in [1.807, 2.05) is 18.2 Å². The number of rotatable bonds is 0.